The van der Waals surface area contributed by atoms with Crippen molar-refractivity contribution in [2.24, 2.45) is 5.92 Å². The van der Waals surface area contributed by atoms with E-state index < -0.39 is 5.54 Å². The van der Waals surface area contributed by atoms with Gasteiger partial charge in [-0.15, -0.1) is 0 Å². The van der Waals surface area contributed by atoms with Gasteiger partial charge in [0.05, 0.1) is 11.1 Å². The Bertz CT molecular complexity index is 869. The molecule has 2 aromatic rings. The minimum atomic E-state index is -0.605. The van der Waals surface area contributed by atoms with Gasteiger partial charge in [-0.3, -0.25) is 19.6 Å². The molecule has 33 heavy (non-hydrogen) atoms. The van der Waals surface area contributed by atoms with E-state index in [0.29, 0.717) is 31.1 Å². The van der Waals surface area contributed by atoms with Gasteiger partial charge in [-0.25, -0.2) is 0 Å². The molecule has 1 aliphatic heterocycles. The van der Waals surface area contributed by atoms with E-state index in [2.05, 4.69) is 79.9 Å². The standard InChI is InChI=1S/C28H41N3O2/c1-23(2)14-17-31(21-24-11-7-6-8-12-24)19-18-30(5)28(15-20-33-27(3,4)22-28)26(32)25-13-9-10-16-29-25/h6-13,16,23H,14-15,17-22H2,1-5H3. The van der Waals surface area contributed by atoms with Gasteiger partial charge in [-0.05, 0) is 63.9 Å². The van der Waals surface area contributed by atoms with Crippen LogP contribution in [0, 0.1) is 5.92 Å². The van der Waals surface area contributed by atoms with Crippen molar-refractivity contribution in [3.8, 4) is 0 Å². The Morgan fingerprint density at radius 3 is 2.42 bits per heavy atom. The first-order chi connectivity index (χ1) is 15.7. The van der Waals surface area contributed by atoms with E-state index in [4.69, 9.17) is 4.74 Å². The van der Waals surface area contributed by atoms with Crippen molar-refractivity contribution < 1.29 is 9.53 Å². The first kappa shape index (κ1) is 25.5. The number of rotatable bonds is 11. The highest BCUT2D eigenvalue weighted by atomic mass is 16.5. The van der Waals surface area contributed by atoms with Crippen molar-refractivity contribution in [2.75, 3.05) is 33.3 Å². The molecule has 0 N–H and O–H groups in total. The Hall–Kier alpha value is -2.08. The van der Waals surface area contributed by atoms with Crippen LogP contribution in [0.4, 0.5) is 0 Å². The predicted octanol–water partition coefficient (Wildman–Crippen LogP) is 5.07. The summed E-state index contributed by atoms with van der Waals surface area (Å²) in [5.74, 6) is 0.771. The van der Waals surface area contributed by atoms with Crippen molar-refractivity contribution in [1.82, 2.24) is 14.8 Å². The number of ketones is 1. The fourth-order valence-electron chi connectivity index (χ4n) is 4.83. The number of hydrogen-bond acceptors (Lipinski definition) is 5. The third-order valence-electron chi connectivity index (χ3n) is 6.80. The van der Waals surface area contributed by atoms with Crippen LogP contribution in [-0.4, -0.2) is 65.0 Å². The van der Waals surface area contributed by atoms with Crippen LogP contribution in [0.3, 0.4) is 0 Å². The molecular weight excluding hydrogens is 410 g/mol. The SMILES string of the molecule is CC(C)CCN(CCN(C)C1(C(=O)c2ccccn2)CCOC(C)(C)C1)Cc1ccccc1. The van der Waals surface area contributed by atoms with Crippen molar-refractivity contribution in [1.29, 1.82) is 0 Å². The first-order valence-electron chi connectivity index (χ1n) is 12.3. The zero-order valence-electron chi connectivity index (χ0n) is 21.1. The Morgan fingerprint density at radius 1 is 1.06 bits per heavy atom. The fourth-order valence-corrected chi connectivity index (χ4v) is 4.83. The second kappa shape index (κ2) is 11.4. The number of hydrogen-bond donors (Lipinski definition) is 0. The maximum absolute atomic E-state index is 13.8. The lowest BCUT2D eigenvalue weighted by Crippen LogP contribution is -2.61. The fraction of sp³-hybridized carbons (Fsp3) is 0.571. The van der Waals surface area contributed by atoms with E-state index in [1.54, 1.807) is 6.20 Å². The van der Waals surface area contributed by atoms with Gasteiger partial charge in [-0.1, -0.05) is 50.2 Å². The molecule has 5 heteroatoms. The Morgan fingerprint density at radius 2 is 1.79 bits per heavy atom. The largest absolute Gasteiger partial charge is 0.375 e. The Labute approximate surface area is 200 Å². The van der Waals surface area contributed by atoms with E-state index >= 15 is 0 Å². The summed E-state index contributed by atoms with van der Waals surface area (Å²) in [6.45, 7) is 13.0. The normalized spacial score (nSPS) is 20.5. The molecule has 0 aliphatic carbocycles. The van der Waals surface area contributed by atoms with Gasteiger partial charge in [0.15, 0.2) is 0 Å². The third kappa shape index (κ3) is 6.95. The number of aromatic nitrogens is 1. The molecule has 1 saturated heterocycles. The van der Waals surface area contributed by atoms with Gasteiger partial charge in [0, 0.05) is 38.9 Å². The predicted molar refractivity (Wildman–Crippen MR) is 134 cm³/mol. The van der Waals surface area contributed by atoms with Crippen LogP contribution in [0.1, 0.15) is 63.0 Å². The number of benzene rings is 1. The molecule has 1 aliphatic rings. The van der Waals surface area contributed by atoms with Crippen LogP contribution in [0.25, 0.3) is 0 Å². The van der Waals surface area contributed by atoms with Crippen LogP contribution >= 0.6 is 0 Å². The van der Waals surface area contributed by atoms with Crippen LogP contribution in [0.15, 0.2) is 54.7 Å². The number of Topliss-reactive ketones (excluding diaryl/α,β-unsaturated/α-hetero) is 1. The summed E-state index contributed by atoms with van der Waals surface area (Å²) >= 11 is 0. The summed E-state index contributed by atoms with van der Waals surface area (Å²) in [6, 6.07) is 16.3. The van der Waals surface area contributed by atoms with Crippen LogP contribution < -0.4 is 0 Å². The molecule has 0 saturated carbocycles. The van der Waals surface area contributed by atoms with Gasteiger partial charge in [0.2, 0.25) is 5.78 Å². The average Bonchev–Trinajstić information content (AvgIpc) is 2.80. The molecule has 2 heterocycles. The number of pyridine rings is 1. The monoisotopic (exact) mass is 451 g/mol. The molecule has 1 fully saturated rings. The van der Waals surface area contributed by atoms with Crippen LogP contribution in [-0.2, 0) is 11.3 Å². The van der Waals surface area contributed by atoms with Crippen LogP contribution in [0.2, 0.25) is 0 Å². The molecule has 0 bridgehead atoms. The highest BCUT2D eigenvalue weighted by Crippen LogP contribution is 2.38. The zero-order chi connectivity index (χ0) is 23.9. The lowest BCUT2D eigenvalue weighted by Gasteiger charge is -2.49. The van der Waals surface area contributed by atoms with Crippen molar-refractivity contribution in [3.05, 3.63) is 66.0 Å². The van der Waals surface area contributed by atoms with Crippen molar-refractivity contribution in [2.45, 2.75) is 64.6 Å². The van der Waals surface area contributed by atoms with Crippen LogP contribution in [0.5, 0.6) is 0 Å². The lowest BCUT2D eigenvalue weighted by molar-refractivity contribution is -0.104. The van der Waals surface area contributed by atoms with Gasteiger partial charge >= 0.3 is 0 Å². The second-order valence-electron chi connectivity index (χ2n) is 10.5. The Balaban J connectivity index is 1.78. The summed E-state index contributed by atoms with van der Waals surface area (Å²) in [4.78, 5) is 23.0. The molecule has 0 radical (unpaired) electrons. The first-order valence-corrected chi connectivity index (χ1v) is 12.3. The van der Waals surface area contributed by atoms with E-state index in [0.717, 1.165) is 32.6 Å². The molecule has 1 unspecified atom stereocenters. The number of ether oxygens (including phenoxy) is 1. The maximum Gasteiger partial charge on any atom is 0.201 e. The number of likely N-dealkylation sites (N-methyl/N-ethyl adjacent to an activating group) is 1. The number of carbonyl (C=O) groups is 1. The number of nitrogens with zero attached hydrogens (tertiary/aromatic N) is 3. The summed E-state index contributed by atoms with van der Waals surface area (Å²) in [5.41, 5.74) is 0.920. The van der Waals surface area contributed by atoms with E-state index in [1.165, 1.54) is 5.56 Å². The molecule has 1 aromatic heterocycles. The third-order valence-corrected chi connectivity index (χ3v) is 6.80. The molecule has 0 amide bonds. The highest BCUT2D eigenvalue weighted by molar-refractivity contribution is 6.01. The highest BCUT2D eigenvalue weighted by Gasteiger charge is 2.49. The van der Waals surface area contributed by atoms with E-state index in [9.17, 15) is 4.79 Å². The minimum Gasteiger partial charge on any atom is -0.375 e. The quantitative estimate of drug-likeness (QED) is 0.446. The van der Waals surface area contributed by atoms with Gasteiger partial charge in [-0.2, -0.15) is 0 Å². The maximum atomic E-state index is 13.8. The summed E-state index contributed by atoms with van der Waals surface area (Å²) < 4.78 is 6.02. The number of carbonyl (C=O) groups excluding carboxylic acids is 1. The molecule has 3 rings (SSSR count). The topological polar surface area (TPSA) is 45.7 Å². The molecular formula is C28H41N3O2. The minimum absolute atomic E-state index is 0.110. The summed E-state index contributed by atoms with van der Waals surface area (Å²) in [5, 5.41) is 0. The summed E-state index contributed by atoms with van der Waals surface area (Å²) in [6.07, 6.45) is 4.22. The average molecular weight is 452 g/mol. The molecule has 1 aromatic carbocycles. The Kier molecular flexibility index (Phi) is 8.80. The molecule has 5 nitrogen and oxygen atoms in total. The van der Waals surface area contributed by atoms with Gasteiger partial charge < -0.3 is 4.74 Å². The molecule has 0 spiro atoms. The van der Waals surface area contributed by atoms with E-state index in [1.807, 2.05) is 18.2 Å². The smallest absolute Gasteiger partial charge is 0.201 e. The lowest BCUT2D eigenvalue weighted by atomic mass is 9.76. The summed E-state index contributed by atoms with van der Waals surface area (Å²) in [7, 11) is 2.10. The van der Waals surface area contributed by atoms with Crippen molar-refractivity contribution in [3.63, 3.8) is 0 Å². The van der Waals surface area contributed by atoms with Gasteiger partial charge in [0.1, 0.15) is 5.69 Å². The molecule has 180 valence electrons. The second-order valence-corrected chi connectivity index (χ2v) is 10.5. The zero-order valence-corrected chi connectivity index (χ0v) is 21.1. The van der Waals surface area contributed by atoms with E-state index in [-0.39, 0.29) is 11.4 Å². The van der Waals surface area contributed by atoms with Crippen molar-refractivity contribution >= 4 is 5.78 Å². The van der Waals surface area contributed by atoms with Gasteiger partial charge in [0.25, 0.3) is 0 Å². The molecule has 1 atom stereocenters.